The molecular formula is C22H18BrN3O. The largest absolute Gasteiger partial charge is 0.497 e. The molecule has 0 amide bonds. The van der Waals surface area contributed by atoms with Gasteiger partial charge in [-0.2, -0.15) is 5.10 Å². The van der Waals surface area contributed by atoms with Crippen LogP contribution in [0.3, 0.4) is 0 Å². The Morgan fingerprint density at radius 2 is 1.59 bits per heavy atom. The lowest BCUT2D eigenvalue weighted by molar-refractivity contribution is 0.415. The van der Waals surface area contributed by atoms with E-state index in [1.54, 1.807) is 7.11 Å². The maximum atomic E-state index is 5.27. The van der Waals surface area contributed by atoms with Crippen LogP contribution in [0.1, 0.15) is 22.3 Å². The first-order chi connectivity index (χ1) is 13.1. The van der Waals surface area contributed by atoms with Crippen molar-refractivity contribution in [1.29, 1.82) is 0 Å². The third-order valence-electron chi connectivity index (χ3n) is 4.41. The minimum absolute atomic E-state index is 0.724. The smallest absolute Gasteiger partial charge is 0.154 e. The molecular weight excluding hydrogens is 402 g/mol. The summed E-state index contributed by atoms with van der Waals surface area (Å²) in [6.07, 6.45) is 0. The van der Waals surface area contributed by atoms with Crippen LogP contribution in [-0.2, 0) is 0 Å². The zero-order valence-corrected chi connectivity index (χ0v) is 16.6. The Balaban J connectivity index is 1.83. The molecule has 5 heteroatoms. The van der Waals surface area contributed by atoms with Crippen molar-refractivity contribution in [1.82, 2.24) is 5.43 Å². The van der Waals surface area contributed by atoms with E-state index in [9.17, 15) is 0 Å². The van der Waals surface area contributed by atoms with Crippen molar-refractivity contribution in [2.45, 2.75) is 6.92 Å². The van der Waals surface area contributed by atoms with E-state index in [4.69, 9.17) is 9.73 Å². The number of fused-ring (bicyclic) bond motifs is 1. The molecule has 4 rings (SSSR count). The highest BCUT2D eigenvalue weighted by Crippen LogP contribution is 2.29. The number of benzene rings is 3. The SMILES string of the molecule is COc1ccc(C2=NNC(c3ccc(C)cc3)=Nc3ccc(Br)cc32)cc1. The molecule has 1 N–H and O–H groups in total. The van der Waals surface area contributed by atoms with Gasteiger partial charge in [0.2, 0.25) is 0 Å². The number of nitrogens with zero attached hydrogens (tertiary/aromatic N) is 2. The summed E-state index contributed by atoms with van der Waals surface area (Å²) in [5.41, 5.74) is 9.01. The molecule has 0 fully saturated rings. The minimum atomic E-state index is 0.724. The highest BCUT2D eigenvalue weighted by Gasteiger charge is 2.17. The number of aryl methyl sites for hydroxylation is 1. The van der Waals surface area contributed by atoms with E-state index in [0.29, 0.717) is 0 Å². The fourth-order valence-electron chi connectivity index (χ4n) is 2.92. The number of rotatable bonds is 3. The Bertz CT molecular complexity index is 1040. The van der Waals surface area contributed by atoms with Crippen molar-refractivity contribution in [3.63, 3.8) is 0 Å². The number of hydrogen-bond acceptors (Lipinski definition) is 4. The monoisotopic (exact) mass is 419 g/mol. The van der Waals surface area contributed by atoms with Gasteiger partial charge in [0, 0.05) is 21.2 Å². The van der Waals surface area contributed by atoms with Crippen LogP contribution in [0.5, 0.6) is 5.75 Å². The van der Waals surface area contributed by atoms with E-state index in [0.717, 1.165) is 44.1 Å². The first-order valence-electron chi connectivity index (χ1n) is 8.58. The summed E-state index contributed by atoms with van der Waals surface area (Å²) in [4.78, 5) is 4.84. The van der Waals surface area contributed by atoms with Gasteiger partial charge >= 0.3 is 0 Å². The fraction of sp³-hybridized carbons (Fsp3) is 0.0909. The summed E-state index contributed by atoms with van der Waals surface area (Å²) in [6.45, 7) is 2.07. The minimum Gasteiger partial charge on any atom is -0.497 e. The zero-order valence-electron chi connectivity index (χ0n) is 15.0. The van der Waals surface area contributed by atoms with Crippen LogP contribution in [0.15, 0.2) is 81.3 Å². The molecule has 0 saturated carbocycles. The number of nitrogens with one attached hydrogen (secondary N) is 1. The van der Waals surface area contributed by atoms with Gasteiger partial charge in [-0.1, -0.05) is 45.8 Å². The van der Waals surface area contributed by atoms with Crippen molar-refractivity contribution in [2.75, 3.05) is 7.11 Å². The predicted octanol–water partition coefficient (Wildman–Crippen LogP) is 5.20. The van der Waals surface area contributed by atoms with Crippen molar-refractivity contribution in [3.8, 4) is 5.75 Å². The topological polar surface area (TPSA) is 46.0 Å². The molecule has 1 heterocycles. The molecule has 134 valence electrons. The number of hydrogen-bond donors (Lipinski definition) is 1. The number of halogens is 1. The van der Waals surface area contributed by atoms with Gasteiger partial charge in [-0.25, -0.2) is 4.99 Å². The van der Waals surface area contributed by atoms with Gasteiger partial charge in [0.05, 0.1) is 12.8 Å². The van der Waals surface area contributed by atoms with Gasteiger partial charge in [0.1, 0.15) is 11.5 Å². The van der Waals surface area contributed by atoms with Crippen molar-refractivity contribution in [3.05, 3.63) is 93.5 Å². The number of aliphatic imine (C=N–C) groups is 1. The lowest BCUT2D eigenvalue weighted by Crippen LogP contribution is -2.19. The first kappa shape index (κ1) is 17.5. The number of ether oxygens (including phenoxy) is 1. The van der Waals surface area contributed by atoms with E-state index in [1.165, 1.54) is 5.56 Å². The van der Waals surface area contributed by atoms with Crippen LogP contribution < -0.4 is 10.2 Å². The van der Waals surface area contributed by atoms with E-state index in [-0.39, 0.29) is 0 Å². The third-order valence-corrected chi connectivity index (χ3v) is 4.90. The molecule has 4 nitrogen and oxygen atoms in total. The van der Waals surface area contributed by atoms with E-state index in [2.05, 4.69) is 45.5 Å². The molecule has 0 bridgehead atoms. The molecule has 3 aromatic rings. The van der Waals surface area contributed by atoms with Crippen LogP contribution in [0.25, 0.3) is 0 Å². The molecule has 0 atom stereocenters. The quantitative estimate of drug-likeness (QED) is 0.633. The van der Waals surface area contributed by atoms with E-state index >= 15 is 0 Å². The third kappa shape index (κ3) is 3.64. The second kappa shape index (κ2) is 7.37. The van der Waals surface area contributed by atoms with Crippen LogP contribution in [0.2, 0.25) is 0 Å². The molecule has 0 saturated heterocycles. The molecule has 0 aromatic heterocycles. The Morgan fingerprint density at radius 1 is 0.889 bits per heavy atom. The van der Waals surface area contributed by atoms with Crippen molar-refractivity contribution < 1.29 is 4.74 Å². The molecule has 27 heavy (non-hydrogen) atoms. The standard InChI is InChI=1S/C22H18BrN3O/c1-14-3-5-16(6-4-14)22-24-20-12-9-17(23)13-19(20)21(25-26-22)15-7-10-18(27-2)11-8-15/h3-13H,1-2H3,(H,24,26). The highest BCUT2D eigenvalue weighted by atomic mass is 79.9. The number of hydrazone groups is 1. The molecule has 0 aliphatic carbocycles. The first-order valence-corrected chi connectivity index (χ1v) is 9.37. The Morgan fingerprint density at radius 3 is 2.30 bits per heavy atom. The molecule has 0 spiro atoms. The second-order valence-electron chi connectivity index (χ2n) is 6.29. The lowest BCUT2D eigenvalue weighted by atomic mass is 10.0. The van der Waals surface area contributed by atoms with Gasteiger partial charge in [-0.05, 0) is 49.4 Å². The number of amidine groups is 1. The van der Waals surface area contributed by atoms with Gasteiger partial charge in [0.15, 0.2) is 5.84 Å². The second-order valence-corrected chi connectivity index (χ2v) is 7.20. The summed E-state index contributed by atoms with van der Waals surface area (Å²) >= 11 is 3.56. The average Bonchev–Trinajstić information content (AvgIpc) is 2.88. The Kier molecular flexibility index (Phi) is 4.77. The summed E-state index contributed by atoms with van der Waals surface area (Å²) < 4.78 is 6.25. The highest BCUT2D eigenvalue weighted by molar-refractivity contribution is 9.10. The summed E-state index contributed by atoms with van der Waals surface area (Å²) in [5.74, 6) is 1.54. The van der Waals surface area contributed by atoms with Gasteiger partial charge < -0.3 is 4.74 Å². The van der Waals surface area contributed by atoms with Crippen LogP contribution in [0.4, 0.5) is 5.69 Å². The maximum Gasteiger partial charge on any atom is 0.154 e. The van der Waals surface area contributed by atoms with Gasteiger partial charge in [-0.15, -0.1) is 0 Å². The molecule has 3 aromatic carbocycles. The maximum absolute atomic E-state index is 5.27. The lowest BCUT2D eigenvalue weighted by Gasteiger charge is -2.09. The van der Waals surface area contributed by atoms with Crippen molar-refractivity contribution in [2.24, 2.45) is 10.1 Å². The summed E-state index contributed by atoms with van der Waals surface area (Å²) in [6, 6.07) is 22.1. The van der Waals surface area contributed by atoms with E-state index < -0.39 is 0 Å². The van der Waals surface area contributed by atoms with Crippen LogP contribution >= 0.6 is 15.9 Å². The Labute approximate surface area is 166 Å². The normalized spacial score (nSPS) is 13.0. The van der Waals surface area contributed by atoms with Crippen LogP contribution in [0, 0.1) is 6.92 Å². The van der Waals surface area contributed by atoms with Gasteiger partial charge in [0.25, 0.3) is 0 Å². The van der Waals surface area contributed by atoms with Crippen LogP contribution in [-0.4, -0.2) is 18.7 Å². The van der Waals surface area contributed by atoms with E-state index in [1.807, 2.05) is 54.6 Å². The summed E-state index contributed by atoms with van der Waals surface area (Å²) in [7, 11) is 1.66. The zero-order chi connectivity index (χ0) is 18.8. The molecule has 1 aliphatic heterocycles. The molecule has 1 aliphatic rings. The predicted molar refractivity (Wildman–Crippen MR) is 113 cm³/mol. The fourth-order valence-corrected chi connectivity index (χ4v) is 3.28. The number of methoxy groups -OCH3 is 1. The molecule has 0 unspecified atom stereocenters. The van der Waals surface area contributed by atoms with Gasteiger partial charge in [-0.3, -0.25) is 5.43 Å². The summed E-state index contributed by atoms with van der Waals surface area (Å²) in [5, 5.41) is 4.69. The Hall–Kier alpha value is -2.92. The average molecular weight is 420 g/mol. The molecule has 0 radical (unpaired) electrons. The van der Waals surface area contributed by atoms with Crippen molar-refractivity contribution >= 4 is 33.2 Å².